The summed E-state index contributed by atoms with van der Waals surface area (Å²) in [6, 6.07) is 8.86. The van der Waals surface area contributed by atoms with Crippen molar-refractivity contribution in [2.45, 2.75) is 31.2 Å². The number of fused-ring (bicyclic) bond motifs is 1. The molecule has 0 radical (unpaired) electrons. The third kappa shape index (κ3) is 5.41. The summed E-state index contributed by atoms with van der Waals surface area (Å²) in [6.07, 6.45) is 11.4. The second-order valence-corrected chi connectivity index (χ2v) is 9.36. The van der Waals surface area contributed by atoms with Crippen LogP contribution in [-0.2, 0) is 4.79 Å². The van der Waals surface area contributed by atoms with E-state index in [4.69, 9.17) is 11.6 Å². The predicted octanol–water partition coefficient (Wildman–Crippen LogP) is 4.83. The highest BCUT2D eigenvalue weighted by Gasteiger charge is 2.54. The standard InChI is InChI=1S/C26H23ClF2N4O2/c1-25(15-30)14-26(28,29)16-33(25)23(34)13-32-24(35)20-10-11-31-22-9-6-18(12-21(20)22)3-2-17-4-7-19(27)8-5-17/h2-4,6-12,17H,5,13-14,16H2,1H3,(H,32,35)/b3-2+/t17?,25-/m0/s1. The summed E-state index contributed by atoms with van der Waals surface area (Å²) in [7, 11) is 0. The van der Waals surface area contributed by atoms with Crippen LogP contribution in [0.3, 0.4) is 0 Å². The van der Waals surface area contributed by atoms with Gasteiger partial charge in [0.2, 0.25) is 5.91 Å². The summed E-state index contributed by atoms with van der Waals surface area (Å²) in [6.45, 7) is -0.0510. The lowest BCUT2D eigenvalue weighted by Gasteiger charge is -2.27. The zero-order valence-electron chi connectivity index (χ0n) is 19.0. The smallest absolute Gasteiger partial charge is 0.268 e. The van der Waals surface area contributed by atoms with Gasteiger partial charge in [-0.3, -0.25) is 14.6 Å². The third-order valence-corrected chi connectivity index (χ3v) is 6.44. The minimum Gasteiger partial charge on any atom is -0.343 e. The molecule has 1 aliphatic carbocycles. The van der Waals surface area contributed by atoms with Gasteiger partial charge in [0.05, 0.1) is 30.2 Å². The minimum absolute atomic E-state index is 0.216. The fourth-order valence-electron chi connectivity index (χ4n) is 4.32. The number of hydrogen-bond donors (Lipinski definition) is 1. The van der Waals surface area contributed by atoms with Gasteiger partial charge in [-0.25, -0.2) is 8.78 Å². The number of nitriles is 1. The molecule has 4 rings (SSSR count). The van der Waals surface area contributed by atoms with Crippen molar-refractivity contribution in [1.82, 2.24) is 15.2 Å². The Morgan fingerprint density at radius 1 is 1.37 bits per heavy atom. The number of carbonyl (C=O) groups is 2. The summed E-state index contributed by atoms with van der Waals surface area (Å²) >= 11 is 5.96. The third-order valence-electron chi connectivity index (χ3n) is 6.16. The number of likely N-dealkylation sites (tertiary alicyclic amines) is 1. The molecule has 1 aliphatic heterocycles. The molecule has 6 nitrogen and oxygen atoms in total. The molecule has 0 spiro atoms. The number of pyridine rings is 1. The number of alkyl halides is 2. The van der Waals surface area contributed by atoms with Crippen LogP contribution < -0.4 is 5.32 Å². The maximum absolute atomic E-state index is 13.9. The van der Waals surface area contributed by atoms with Gasteiger partial charge in [-0.05, 0) is 49.1 Å². The van der Waals surface area contributed by atoms with Crippen LogP contribution in [0.2, 0.25) is 0 Å². The molecule has 2 aliphatic rings. The number of benzene rings is 1. The van der Waals surface area contributed by atoms with Gasteiger partial charge in [-0.2, -0.15) is 5.26 Å². The van der Waals surface area contributed by atoms with E-state index in [0.29, 0.717) is 16.5 Å². The maximum atomic E-state index is 13.9. The zero-order valence-corrected chi connectivity index (χ0v) is 19.7. The van der Waals surface area contributed by atoms with Crippen LogP contribution in [0, 0.1) is 17.2 Å². The first-order valence-corrected chi connectivity index (χ1v) is 11.5. The Hall–Kier alpha value is -3.57. The van der Waals surface area contributed by atoms with Gasteiger partial charge >= 0.3 is 0 Å². The quantitative estimate of drug-likeness (QED) is 0.642. The van der Waals surface area contributed by atoms with Crippen molar-refractivity contribution in [3.63, 3.8) is 0 Å². The molecule has 9 heteroatoms. The molecule has 1 aromatic heterocycles. The van der Waals surface area contributed by atoms with E-state index in [0.717, 1.165) is 21.9 Å². The first kappa shape index (κ1) is 24.6. The van der Waals surface area contributed by atoms with Crippen LogP contribution in [-0.4, -0.2) is 46.2 Å². The number of aromatic nitrogens is 1. The van der Waals surface area contributed by atoms with Crippen LogP contribution in [0.15, 0.2) is 59.8 Å². The van der Waals surface area contributed by atoms with Crippen molar-refractivity contribution in [3.05, 3.63) is 70.9 Å². The molecule has 2 aromatic rings. The van der Waals surface area contributed by atoms with Gasteiger partial charge in [0.25, 0.3) is 11.8 Å². The number of rotatable bonds is 5. The average Bonchev–Trinajstić information content (AvgIpc) is 3.10. The van der Waals surface area contributed by atoms with Gasteiger partial charge in [-0.15, -0.1) is 0 Å². The molecular weight excluding hydrogens is 474 g/mol. The molecule has 1 saturated heterocycles. The van der Waals surface area contributed by atoms with Crippen molar-refractivity contribution in [2.24, 2.45) is 5.92 Å². The lowest BCUT2D eigenvalue weighted by Crippen LogP contribution is -2.48. The lowest BCUT2D eigenvalue weighted by molar-refractivity contribution is -0.133. The number of allylic oxidation sites excluding steroid dienone is 5. The summed E-state index contributed by atoms with van der Waals surface area (Å²) in [5, 5.41) is 13.1. The highest BCUT2D eigenvalue weighted by molar-refractivity contribution is 6.31. The maximum Gasteiger partial charge on any atom is 0.268 e. The van der Waals surface area contributed by atoms with Gasteiger partial charge in [-0.1, -0.05) is 42.0 Å². The number of amides is 2. The molecule has 180 valence electrons. The van der Waals surface area contributed by atoms with Gasteiger partial charge in [0.15, 0.2) is 0 Å². The van der Waals surface area contributed by atoms with E-state index in [-0.39, 0.29) is 5.92 Å². The Bertz CT molecular complexity index is 1310. The van der Waals surface area contributed by atoms with Crippen LogP contribution in [0.1, 0.15) is 35.7 Å². The normalized spacial score (nSPS) is 23.3. The topological polar surface area (TPSA) is 86.1 Å². The molecule has 0 saturated carbocycles. The Morgan fingerprint density at radius 2 is 2.17 bits per heavy atom. The molecule has 1 unspecified atom stereocenters. The number of nitrogens with one attached hydrogen (secondary N) is 1. The van der Waals surface area contributed by atoms with E-state index in [1.54, 1.807) is 12.1 Å². The van der Waals surface area contributed by atoms with E-state index in [1.165, 1.54) is 19.2 Å². The summed E-state index contributed by atoms with van der Waals surface area (Å²) in [5.74, 6) is -4.21. The van der Waals surface area contributed by atoms with Gasteiger partial charge < -0.3 is 10.2 Å². The fourth-order valence-corrected chi connectivity index (χ4v) is 4.49. The number of hydrogen-bond acceptors (Lipinski definition) is 4. The molecule has 2 atom stereocenters. The Labute approximate surface area is 206 Å². The van der Waals surface area contributed by atoms with Crippen LogP contribution in [0.25, 0.3) is 17.0 Å². The Kier molecular flexibility index (Phi) is 6.73. The van der Waals surface area contributed by atoms with E-state index in [1.807, 2.05) is 42.5 Å². The lowest BCUT2D eigenvalue weighted by atomic mass is 9.98. The SMILES string of the molecule is C[C@@]1(C#N)CC(F)(F)CN1C(=O)CNC(=O)c1ccnc2ccc(/C=C/C3C=CC(Cl)=CC3)cc12. The minimum atomic E-state index is -3.15. The zero-order chi connectivity index (χ0) is 25.2. The van der Waals surface area contributed by atoms with Crippen molar-refractivity contribution < 1.29 is 18.4 Å². The number of halogens is 3. The van der Waals surface area contributed by atoms with Crippen molar-refractivity contribution >= 4 is 40.4 Å². The molecule has 1 N–H and O–H groups in total. The molecule has 2 heterocycles. The highest BCUT2D eigenvalue weighted by atomic mass is 35.5. The van der Waals surface area contributed by atoms with Crippen molar-refractivity contribution in [1.29, 1.82) is 5.26 Å². The monoisotopic (exact) mass is 496 g/mol. The molecule has 1 fully saturated rings. The number of nitrogens with zero attached hydrogens (tertiary/aromatic N) is 3. The first-order valence-electron chi connectivity index (χ1n) is 11.1. The fraction of sp³-hybridized carbons (Fsp3) is 0.308. The van der Waals surface area contributed by atoms with Crippen molar-refractivity contribution in [3.8, 4) is 6.07 Å². The van der Waals surface area contributed by atoms with E-state index < -0.39 is 42.8 Å². The molecule has 0 bridgehead atoms. The van der Waals surface area contributed by atoms with Gasteiger partial charge in [0, 0.05) is 23.0 Å². The largest absolute Gasteiger partial charge is 0.343 e. The molecular formula is C26H23ClF2N4O2. The van der Waals surface area contributed by atoms with Crippen LogP contribution >= 0.6 is 11.6 Å². The number of carbonyl (C=O) groups excluding carboxylic acids is 2. The second-order valence-electron chi connectivity index (χ2n) is 8.92. The van der Waals surface area contributed by atoms with E-state index in [2.05, 4.69) is 10.3 Å². The second kappa shape index (κ2) is 9.59. The average molecular weight is 497 g/mol. The summed E-state index contributed by atoms with van der Waals surface area (Å²) in [4.78, 5) is 30.7. The Morgan fingerprint density at radius 3 is 2.89 bits per heavy atom. The van der Waals surface area contributed by atoms with Crippen LogP contribution in [0.5, 0.6) is 0 Å². The van der Waals surface area contributed by atoms with E-state index in [9.17, 15) is 23.6 Å². The van der Waals surface area contributed by atoms with Crippen molar-refractivity contribution in [2.75, 3.05) is 13.1 Å². The molecule has 2 amide bonds. The van der Waals surface area contributed by atoms with Crippen LogP contribution in [0.4, 0.5) is 8.78 Å². The molecule has 35 heavy (non-hydrogen) atoms. The highest BCUT2D eigenvalue weighted by Crippen LogP contribution is 2.39. The Balaban J connectivity index is 1.49. The van der Waals surface area contributed by atoms with Gasteiger partial charge in [0.1, 0.15) is 5.54 Å². The van der Waals surface area contributed by atoms with E-state index >= 15 is 0 Å². The molecule has 1 aromatic carbocycles. The summed E-state index contributed by atoms with van der Waals surface area (Å²) in [5.41, 5.74) is 0.156. The first-order chi connectivity index (χ1) is 16.6. The predicted molar refractivity (Wildman–Crippen MR) is 130 cm³/mol. The summed E-state index contributed by atoms with van der Waals surface area (Å²) < 4.78 is 27.7.